The highest BCUT2D eigenvalue weighted by Crippen LogP contribution is 2.26. The second-order valence-corrected chi connectivity index (χ2v) is 5.74. The molecule has 0 aliphatic rings. The molecule has 0 saturated heterocycles. The van der Waals surface area contributed by atoms with Gasteiger partial charge in [0.15, 0.2) is 5.78 Å². The molecule has 0 unspecified atom stereocenters. The van der Waals surface area contributed by atoms with Crippen molar-refractivity contribution in [1.29, 1.82) is 0 Å². The topological polar surface area (TPSA) is 35.5 Å². The summed E-state index contributed by atoms with van der Waals surface area (Å²) in [6.07, 6.45) is 3.35. The number of methoxy groups -OCH3 is 1. The summed E-state index contributed by atoms with van der Waals surface area (Å²) in [6, 6.07) is 24.9. The van der Waals surface area contributed by atoms with E-state index in [0.717, 1.165) is 11.1 Å². The van der Waals surface area contributed by atoms with Crippen LogP contribution in [-0.2, 0) is 6.61 Å². The van der Waals surface area contributed by atoms with Gasteiger partial charge in [-0.25, -0.2) is 0 Å². The van der Waals surface area contributed by atoms with Crippen LogP contribution in [0.1, 0.15) is 21.5 Å². The fraction of sp³-hybridized carbons (Fsp3) is 0.0870. The first kappa shape index (κ1) is 17.5. The van der Waals surface area contributed by atoms with Gasteiger partial charge in [0.05, 0.1) is 12.7 Å². The Hall–Kier alpha value is -3.33. The van der Waals surface area contributed by atoms with Crippen molar-refractivity contribution >= 4 is 11.9 Å². The van der Waals surface area contributed by atoms with Crippen LogP contribution in [-0.4, -0.2) is 12.9 Å². The first-order valence-corrected chi connectivity index (χ1v) is 8.38. The minimum atomic E-state index is -0.111. The average Bonchev–Trinajstić information content (AvgIpc) is 2.71. The lowest BCUT2D eigenvalue weighted by Gasteiger charge is -2.10. The van der Waals surface area contributed by atoms with Crippen LogP contribution >= 0.6 is 0 Å². The lowest BCUT2D eigenvalue weighted by Crippen LogP contribution is -2.01. The van der Waals surface area contributed by atoms with Crippen LogP contribution in [0.15, 0.2) is 84.9 Å². The molecule has 0 radical (unpaired) electrons. The van der Waals surface area contributed by atoms with Gasteiger partial charge in [0.2, 0.25) is 0 Å². The molecule has 3 heteroatoms. The zero-order valence-electron chi connectivity index (χ0n) is 14.6. The van der Waals surface area contributed by atoms with E-state index in [4.69, 9.17) is 9.47 Å². The second kappa shape index (κ2) is 8.67. The molecule has 0 bridgehead atoms. The average molecular weight is 344 g/mol. The summed E-state index contributed by atoms with van der Waals surface area (Å²) in [7, 11) is 1.55. The van der Waals surface area contributed by atoms with Gasteiger partial charge in [0.25, 0.3) is 0 Å². The van der Waals surface area contributed by atoms with Crippen molar-refractivity contribution in [3.8, 4) is 11.5 Å². The van der Waals surface area contributed by atoms with E-state index in [1.54, 1.807) is 37.5 Å². The molecule has 26 heavy (non-hydrogen) atoms. The Bertz CT molecular complexity index is 884. The fourth-order valence-electron chi connectivity index (χ4n) is 2.53. The first-order chi connectivity index (χ1) is 12.8. The number of hydrogen-bond acceptors (Lipinski definition) is 3. The molecular weight excluding hydrogens is 324 g/mol. The summed E-state index contributed by atoms with van der Waals surface area (Å²) < 4.78 is 11.2. The van der Waals surface area contributed by atoms with Gasteiger partial charge in [0, 0.05) is 6.07 Å². The second-order valence-electron chi connectivity index (χ2n) is 5.74. The zero-order valence-corrected chi connectivity index (χ0v) is 14.6. The summed E-state index contributed by atoms with van der Waals surface area (Å²) in [5.74, 6) is 1.05. The Kier molecular flexibility index (Phi) is 5.84. The molecule has 0 saturated carbocycles. The van der Waals surface area contributed by atoms with Crippen molar-refractivity contribution < 1.29 is 14.3 Å². The summed E-state index contributed by atoms with van der Waals surface area (Å²) in [4.78, 5) is 12.5. The van der Waals surface area contributed by atoms with Crippen LogP contribution in [0.5, 0.6) is 11.5 Å². The van der Waals surface area contributed by atoms with Crippen LogP contribution < -0.4 is 9.47 Å². The quantitative estimate of drug-likeness (QED) is 0.438. The van der Waals surface area contributed by atoms with Crippen molar-refractivity contribution in [3.63, 3.8) is 0 Å². The fourth-order valence-corrected chi connectivity index (χ4v) is 2.53. The molecule has 3 aromatic rings. The van der Waals surface area contributed by atoms with Crippen molar-refractivity contribution in [2.45, 2.75) is 6.61 Å². The van der Waals surface area contributed by atoms with Gasteiger partial charge in [-0.2, -0.15) is 0 Å². The van der Waals surface area contributed by atoms with E-state index in [9.17, 15) is 4.79 Å². The summed E-state index contributed by atoms with van der Waals surface area (Å²) >= 11 is 0. The van der Waals surface area contributed by atoms with Crippen LogP contribution in [0.25, 0.3) is 6.08 Å². The normalized spacial score (nSPS) is 10.7. The Morgan fingerprint density at radius 1 is 0.923 bits per heavy atom. The molecule has 0 aromatic heterocycles. The molecule has 0 N–H and O–H groups in total. The third-order valence-electron chi connectivity index (χ3n) is 3.91. The van der Waals surface area contributed by atoms with Gasteiger partial charge < -0.3 is 9.47 Å². The Balaban J connectivity index is 1.72. The minimum absolute atomic E-state index is 0.111. The highest BCUT2D eigenvalue weighted by atomic mass is 16.5. The van der Waals surface area contributed by atoms with Gasteiger partial charge in [-0.3, -0.25) is 4.79 Å². The zero-order chi connectivity index (χ0) is 18.2. The van der Waals surface area contributed by atoms with Crippen LogP contribution in [0.3, 0.4) is 0 Å². The van der Waals surface area contributed by atoms with Crippen LogP contribution in [0.2, 0.25) is 0 Å². The molecule has 0 spiro atoms. The Morgan fingerprint density at radius 3 is 2.31 bits per heavy atom. The molecule has 3 rings (SSSR count). The Labute approximate surface area is 153 Å². The number of benzene rings is 3. The lowest BCUT2D eigenvalue weighted by atomic mass is 10.1. The monoisotopic (exact) mass is 344 g/mol. The SMILES string of the molecule is COc1cc(OCc2ccccc2)ccc1C(=O)/C=C/c1ccccc1. The standard InChI is InChI=1S/C23H20O3/c1-25-23-16-20(26-17-19-10-6-3-7-11-19)13-14-21(23)22(24)15-12-18-8-4-2-5-9-18/h2-16H,17H2,1H3/b15-12+. The summed E-state index contributed by atoms with van der Waals surface area (Å²) in [6.45, 7) is 0.463. The molecular formula is C23H20O3. The van der Waals surface area contributed by atoms with Gasteiger partial charge in [0.1, 0.15) is 18.1 Å². The number of ether oxygens (including phenoxy) is 2. The van der Waals surface area contributed by atoms with Gasteiger partial charge >= 0.3 is 0 Å². The molecule has 0 atom stereocenters. The molecule has 0 amide bonds. The number of allylic oxidation sites excluding steroid dienone is 1. The van der Waals surface area contributed by atoms with E-state index in [1.165, 1.54) is 0 Å². The molecule has 3 nitrogen and oxygen atoms in total. The largest absolute Gasteiger partial charge is 0.496 e. The highest BCUT2D eigenvalue weighted by Gasteiger charge is 2.11. The molecule has 0 aliphatic carbocycles. The van der Waals surface area contributed by atoms with Gasteiger partial charge in [-0.15, -0.1) is 0 Å². The smallest absolute Gasteiger partial charge is 0.189 e. The number of hydrogen-bond donors (Lipinski definition) is 0. The molecule has 3 aromatic carbocycles. The van der Waals surface area contributed by atoms with E-state index in [-0.39, 0.29) is 5.78 Å². The third-order valence-corrected chi connectivity index (χ3v) is 3.91. The predicted molar refractivity (Wildman–Crippen MR) is 104 cm³/mol. The van der Waals surface area contributed by atoms with Crippen molar-refractivity contribution in [3.05, 3.63) is 102 Å². The summed E-state index contributed by atoms with van der Waals surface area (Å²) in [5, 5.41) is 0. The molecule has 0 aliphatic heterocycles. The number of ketones is 1. The maximum Gasteiger partial charge on any atom is 0.189 e. The van der Waals surface area contributed by atoms with E-state index < -0.39 is 0 Å². The maximum atomic E-state index is 12.5. The minimum Gasteiger partial charge on any atom is -0.496 e. The highest BCUT2D eigenvalue weighted by molar-refractivity contribution is 6.08. The van der Waals surface area contributed by atoms with Crippen molar-refractivity contribution in [2.24, 2.45) is 0 Å². The Morgan fingerprint density at radius 2 is 1.62 bits per heavy atom. The van der Waals surface area contributed by atoms with E-state index in [2.05, 4.69) is 0 Å². The maximum absolute atomic E-state index is 12.5. The lowest BCUT2D eigenvalue weighted by molar-refractivity contribution is 0.104. The van der Waals surface area contributed by atoms with E-state index >= 15 is 0 Å². The third kappa shape index (κ3) is 4.61. The molecule has 0 fully saturated rings. The van der Waals surface area contributed by atoms with Gasteiger partial charge in [-0.05, 0) is 29.3 Å². The molecule has 0 heterocycles. The van der Waals surface area contributed by atoms with E-state index in [1.807, 2.05) is 60.7 Å². The summed E-state index contributed by atoms with van der Waals surface area (Å²) in [5.41, 5.74) is 2.56. The number of carbonyl (C=O) groups excluding carboxylic acids is 1. The first-order valence-electron chi connectivity index (χ1n) is 8.38. The molecule has 130 valence electrons. The van der Waals surface area contributed by atoms with Crippen molar-refractivity contribution in [2.75, 3.05) is 7.11 Å². The van der Waals surface area contributed by atoms with Crippen LogP contribution in [0, 0.1) is 0 Å². The number of rotatable bonds is 7. The van der Waals surface area contributed by atoms with E-state index in [0.29, 0.717) is 23.7 Å². The predicted octanol–water partition coefficient (Wildman–Crippen LogP) is 5.17. The number of carbonyl (C=O) groups is 1. The van der Waals surface area contributed by atoms with Crippen molar-refractivity contribution in [1.82, 2.24) is 0 Å². The van der Waals surface area contributed by atoms with Crippen LogP contribution in [0.4, 0.5) is 0 Å². The van der Waals surface area contributed by atoms with Gasteiger partial charge in [-0.1, -0.05) is 66.7 Å².